The topological polar surface area (TPSA) is 50.8 Å². The van der Waals surface area contributed by atoms with Crippen LogP contribution < -0.4 is 14.8 Å². The summed E-state index contributed by atoms with van der Waals surface area (Å²) in [5.41, 5.74) is 0.552. The van der Waals surface area contributed by atoms with Gasteiger partial charge >= 0.3 is 6.03 Å². The molecule has 0 radical (unpaired) electrons. The third-order valence-electron chi connectivity index (χ3n) is 4.75. The molecule has 1 N–H and O–H groups in total. The summed E-state index contributed by atoms with van der Waals surface area (Å²) >= 11 is 0. The van der Waals surface area contributed by atoms with E-state index in [0.29, 0.717) is 19.1 Å². The molecule has 23 heavy (non-hydrogen) atoms. The molecule has 2 amide bonds. The van der Waals surface area contributed by atoms with Crippen molar-refractivity contribution in [2.24, 2.45) is 5.92 Å². The maximum Gasteiger partial charge on any atom is 0.318 e. The van der Waals surface area contributed by atoms with Gasteiger partial charge in [0.05, 0.1) is 5.54 Å². The van der Waals surface area contributed by atoms with E-state index in [4.69, 9.17) is 9.47 Å². The van der Waals surface area contributed by atoms with Crippen molar-refractivity contribution in [1.29, 1.82) is 0 Å². The minimum absolute atomic E-state index is 0.0109. The molecular weight excluding hydrogens is 292 g/mol. The summed E-state index contributed by atoms with van der Waals surface area (Å²) in [4.78, 5) is 14.5. The maximum absolute atomic E-state index is 12.5. The summed E-state index contributed by atoms with van der Waals surface area (Å²) in [5.74, 6) is 2.24. The highest BCUT2D eigenvalue weighted by molar-refractivity contribution is 5.75. The van der Waals surface area contributed by atoms with Gasteiger partial charge in [0.2, 0.25) is 0 Å². The van der Waals surface area contributed by atoms with Crippen molar-refractivity contribution in [3.63, 3.8) is 0 Å². The van der Waals surface area contributed by atoms with Crippen LogP contribution in [0.1, 0.15) is 39.2 Å². The number of carbonyl (C=O) groups excluding carboxylic acids is 1. The van der Waals surface area contributed by atoms with Gasteiger partial charge in [0.15, 0.2) is 11.5 Å². The molecule has 126 valence electrons. The first kappa shape index (κ1) is 16.0. The summed E-state index contributed by atoms with van der Waals surface area (Å²) in [6.45, 7) is 9.10. The van der Waals surface area contributed by atoms with Gasteiger partial charge in [0, 0.05) is 13.1 Å². The van der Waals surface area contributed by atoms with Crippen molar-refractivity contribution >= 4 is 6.03 Å². The number of rotatable bonds is 2. The average Bonchev–Trinajstić information content (AvgIpc) is 2.54. The van der Waals surface area contributed by atoms with Crippen LogP contribution in [-0.4, -0.2) is 37.2 Å². The Hall–Kier alpha value is -1.91. The Bertz CT molecular complexity index is 578. The van der Waals surface area contributed by atoms with Gasteiger partial charge in [-0.2, -0.15) is 0 Å². The highest BCUT2D eigenvalue weighted by atomic mass is 16.6. The molecule has 0 aliphatic carbocycles. The van der Waals surface area contributed by atoms with E-state index in [-0.39, 0.29) is 6.03 Å². The first-order chi connectivity index (χ1) is 11.0. The number of carbonyl (C=O) groups is 1. The quantitative estimate of drug-likeness (QED) is 0.911. The zero-order valence-corrected chi connectivity index (χ0v) is 14.2. The number of benzene rings is 1. The standard InChI is InChI=1S/C18H26N2O3/c1-13-6-8-20(9-7-13)17(21)19-18(2,3)14-4-5-15-16(12-14)23-11-10-22-15/h4-5,12-13H,6-11H2,1-3H3,(H,19,21). The lowest BCUT2D eigenvalue weighted by molar-refractivity contribution is 0.163. The molecule has 1 aromatic rings. The van der Waals surface area contributed by atoms with Crippen LogP contribution in [0.15, 0.2) is 18.2 Å². The van der Waals surface area contributed by atoms with Gasteiger partial charge in [-0.3, -0.25) is 0 Å². The van der Waals surface area contributed by atoms with E-state index in [0.717, 1.165) is 43.0 Å². The van der Waals surface area contributed by atoms with Crippen molar-refractivity contribution < 1.29 is 14.3 Å². The van der Waals surface area contributed by atoms with E-state index in [9.17, 15) is 4.79 Å². The third kappa shape index (κ3) is 3.54. The van der Waals surface area contributed by atoms with Gasteiger partial charge in [0.1, 0.15) is 13.2 Å². The summed E-state index contributed by atoms with van der Waals surface area (Å²) in [6.07, 6.45) is 2.16. The zero-order chi connectivity index (χ0) is 16.4. The number of nitrogens with zero attached hydrogens (tertiary/aromatic N) is 1. The van der Waals surface area contributed by atoms with Crippen LogP contribution in [0, 0.1) is 5.92 Å². The molecule has 0 atom stereocenters. The van der Waals surface area contributed by atoms with Crippen LogP contribution in [0.4, 0.5) is 4.79 Å². The van der Waals surface area contributed by atoms with Gasteiger partial charge in [-0.05, 0) is 50.3 Å². The lowest BCUT2D eigenvalue weighted by Crippen LogP contribution is -2.50. The number of amides is 2. The van der Waals surface area contributed by atoms with Gasteiger partial charge in [-0.25, -0.2) is 4.79 Å². The van der Waals surface area contributed by atoms with Gasteiger partial charge in [-0.15, -0.1) is 0 Å². The van der Waals surface area contributed by atoms with Crippen molar-refractivity contribution in [3.05, 3.63) is 23.8 Å². The Labute approximate surface area is 137 Å². The fraction of sp³-hybridized carbons (Fsp3) is 0.611. The first-order valence-corrected chi connectivity index (χ1v) is 8.43. The number of ether oxygens (including phenoxy) is 2. The molecule has 3 rings (SSSR count). The molecular formula is C18H26N2O3. The Balaban J connectivity index is 1.69. The third-order valence-corrected chi connectivity index (χ3v) is 4.75. The molecule has 0 unspecified atom stereocenters. The molecule has 0 bridgehead atoms. The monoisotopic (exact) mass is 318 g/mol. The van der Waals surface area contributed by atoms with Crippen LogP contribution >= 0.6 is 0 Å². The fourth-order valence-electron chi connectivity index (χ4n) is 3.06. The lowest BCUT2D eigenvalue weighted by atomic mass is 9.93. The zero-order valence-electron chi connectivity index (χ0n) is 14.2. The summed E-state index contributed by atoms with van der Waals surface area (Å²) in [5, 5.41) is 3.15. The lowest BCUT2D eigenvalue weighted by Gasteiger charge is -2.35. The van der Waals surface area contributed by atoms with Crippen molar-refractivity contribution in [1.82, 2.24) is 10.2 Å². The molecule has 2 heterocycles. The minimum atomic E-state index is -0.462. The molecule has 2 aliphatic rings. The fourth-order valence-corrected chi connectivity index (χ4v) is 3.06. The number of nitrogens with one attached hydrogen (secondary N) is 1. The van der Waals surface area contributed by atoms with E-state index in [2.05, 4.69) is 12.2 Å². The SMILES string of the molecule is CC1CCN(C(=O)NC(C)(C)c2ccc3c(c2)OCCO3)CC1. The Morgan fingerprint density at radius 2 is 1.83 bits per heavy atom. The van der Waals surface area contributed by atoms with Crippen LogP contribution in [0.5, 0.6) is 11.5 Å². The predicted octanol–water partition coefficient (Wildman–Crippen LogP) is 3.13. The molecule has 5 heteroatoms. The van der Waals surface area contributed by atoms with Gasteiger partial charge < -0.3 is 19.7 Å². The number of hydrogen-bond donors (Lipinski definition) is 1. The van der Waals surface area contributed by atoms with E-state index in [1.165, 1.54) is 0 Å². The van der Waals surface area contributed by atoms with Crippen molar-refractivity contribution in [2.75, 3.05) is 26.3 Å². The molecule has 0 aromatic heterocycles. The van der Waals surface area contributed by atoms with E-state index < -0.39 is 5.54 Å². The maximum atomic E-state index is 12.5. The van der Waals surface area contributed by atoms with Crippen molar-refractivity contribution in [3.8, 4) is 11.5 Å². The molecule has 0 saturated carbocycles. The predicted molar refractivity (Wildman–Crippen MR) is 89.0 cm³/mol. The molecule has 1 fully saturated rings. The second-order valence-corrected chi connectivity index (χ2v) is 7.08. The van der Waals surface area contributed by atoms with Crippen LogP contribution in [0.25, 0.3) is 0 Å². The molecule has 1 saturated heterocycles. The Kier molecular flexibility index (Phi) is 4.37. The summed E-state index contributed by atoms with van der Waals surface area (Å²) in [7, 11) is 0. The molecule has 2 aliphatic heterocycles. The second kappa shape index (κ2) is 6.30. The number of likely N-dealkylation sites (tertiary alicyclic amines) is 1. The smallest absolute Gasteiger partial charge is 0.318 e. The van der Waals surface area contributed by atoms with Crippen molar-refractivity contribution in [2.45, 2.75) is 39.2 Å². The Morgan fingerprint density at radius 1 is 1.17 bits per heavy atom. The normalized spacial score (nSPS) is 18.7. The minimum Gasteiger partial charge on any atom is -0.486 e. The highest BCUT2D eigenvalue weighted by Crippen LogP contribution is 2.34. The van der Waals surface area contributed by atoms with Crippen LogP contribution in [0.3, 0.4) is 0 Å². The Morgan fingerprint density at radius 3 is 2.52 bits per heavy atom. The molecule has 0 spiro atoms. The summed E-state index contributed by atoms with van der Waals surface area (Å²) in [6, 6.07) is 5.89. The van der Waals surface area contributed by atoms with E-state index >= 15 is 0 Å². The molecule has 5 nitrogen and oxygen atoms in total. The number of urea groups is 1. The molecule has 1 aromatic carbocycles. The van der Waals surface area contributed by atoms with Gasteiger partial charge in [0.25, 0.3) is 0 Å². The average molecular weight is 318 g/mol. The largest absolute Gasteiger partial charge is 0.486 e. The highest BCUT2D eigenvalue weighted by Gasteiger charge is 2.28. The van der Waals surface area contributed by atoms with Crippen LogP contribution in [-0.2, 0) is 5.54 Å². The second-order valence-electron chi connectivity index (χ2n) is 7.08. The summed E-state index contributed by atoms with van der Waals surface area (Å²) < 4.78 is 11.2. The van der Waals surface area contributed by atoms with Gasteiger partial charge in [-0.1, -0.05) is 13.0 Å². The van der Waals surface area contributed by atoms with E-state index in [1.54, 1.807) is 0 Å². The van der Waals surface area contributed by atoms with E-state index in [1.807, 2.05) is 36.9 Å². The number of fused-ring (bicyclic) bond motifs is 1. The number of piperidine rings is 1. The number of hydrogen-bond acceptors (Lipinski definition) is 3. The first-order valence-electron chi connectivity index (χ1n) is 8.43. The van der Waals surface area contributed by atoms with Crippen LogP contribution in [0.2, 0.25) is 0 Å².